The number of benzene rings is 1. The summed E-state index contributed by atoms with van der Waals surface area (Å²) in [5.41, 5.74) is 0.254. The van der Waals surface area contributed by atoms with Crippen molar-refractivity contribution >= 4 is 33.0 Å². The van der Waals surface area contributed by atoms with Crippen LogP contribution in [-0.2, 0) is 14.8 Å². The average molecular weight is 468 g/mol. The average Bonchev–Trinajstić information content (AvgIpc) is 3.32. The van der Waals surface area contributed by atoms with Gasteiger partial charge in [-0.05, 0) is 67.9 Å². The lowest BCUT2D eigenvalue weighted by molar-refractivity contribution is -0.119. The summed E-state index contributed by atoms with van der Waals surface area (Å²) in [5.74, 6) is -0.847. The van der Waals surface area contributed by atoms with Gasteiger partial charge in [0, 0.05) is 19.1 Å². The van der Waals surface area contributed by atoms with Gasteiger partial charge in [-0.2, -0.15) is 0 Å². The number of anilines is 1. The van der Waals surface area contributed by atoms with E-state index in [4.69, 9.17) is 0 Å². The summed E-state index contributed by atoms with van der Waals surface area (Å²) in [7, 11) is -3.92. The SMILES string of the molecule is CCC1CCCCN1CCCNC(=O)CN(c1ccc(F)cc1)S(=O)(=O)c1cccs1. The molecule has 1 aromatic carbocycles. The third kappa shape index (κ3) is 6.27. The standard InChI is InChI=1S/C22H30FN3O3S2/c1-2-19-7-3-4-14-25(19)15-6-13-24-21(27)17-26(20-11-9-18(23)10-12-20)31(28,29)22-8-5-16-30-22/h5,8-12,16,19H,2-4,6-7,13-15,17H2,1H3,(H,24,27). The number of halogens is 1. The molecule has 2 heterocycles. The Balaban J connectivity index is 1.60. The highest BCUT2D eigenvalue weighted by atomic mass is 32.2. The second kappa shape index (κ2) is 11.1. The zero-order valence-corrected chi connectivity index (χ0v) is 19.4. The van der Waals surface area contributed by atoms with Crippen LogP contribution >= 0.6 is 11.3 Å². The van der Waals surface area contributed by atoms with Crippen LogP contribution in [-0.4, -0.2) is 51.4 Å². The highest BCUT2D eigenvalue weighted by Gasteiger charge is 2.28. The van der Waals surface area contributed by atoms with Crippen LogP contribution in [0.4, 0.5) is 10.1 Å². The van der Waals surface area contributed by atoms with Crippen molar-refractivity contribution < 1.29 is 17.6 Å². The van der Waals surface area contributed by atoms with E-state index in [0.717, 1.165) is 41.6 Å². The molecule has 1 fully saturated rings. The molecule has 3 rings (SSSR count). The lowest BCUT2D eigenvalue weighted by atomic mass is 10.00. The van der Waals surface area contributed by atoms with E-state index in [-0.39, 0.29) is 22.3 Å². The minimum atomic E-state index is -3.92. The predicted molar refractivity (Wildman–Crippen MR) is 122 cm³/mol. The van der Waals surface area contributed by atoms with Gasteiger partial charge in [-0.1, -0.05) is 19.4 Å². The maximum absolute atomic E-state index is 13.3. The first-order valence-corrected chi connectivity index (χ1v) is 13.1. The Morgan fingerprint density at radius 1 is 1.26 bits per heavy atom. The Labute approximate surface area is 188 Å². The van der Waals surface area contributed by atoms with Crippen LogP contribution in [0, 0.1) is 5.82 Å². The predicted octanol–water partition coefficient (Wildman–Crippen LogP) is 3.85. The van der Waals surface area contributed by atoms with Crippen LogP contribution in [0.25, 0.3) is 0 Å². The van der Waals surface area contributed by atoms with Gasteiger partial charge in [0.2, 0.25) is 5.91 Å². The van der Waals surface area contributed by atoms with Gasteiger partial charge >= 0.3 is 0 Å². The van der Waals surface area contributed by atoms with Gasteiger partial charge in [0.05, 0.1) is 5.69 Å². The van der Waals surface area contributed by atoms with E-state index in [1.54, 1.807) is 11.4 Å². The zero-order chi connectivity index (χ0) is 22.3. The molecule has 1 N–H and O–H groups in total. The van der Waals surface area contributed by atoms with Crippen LogP contribution in [0.2, 0.25) is 0 Å². The summed E-state index contributed by atoms with van der Waals surface area (Å²) in [6.07, 6.45) is 5.69. The Bertz CT molecular complexity index is 933. The van der Waals surface area contributed by atoms with Crippen LogP contribution in [0.1, 0.15) is 39.0 Å². The number of hydrogen-bond donors (Lipinski definition) is 1. The lowest BCUT2D eigenvalue weighted by Gasteiger charge is -2.35. The van der Waals surface area contributed by atoms with Crippen molar-refractivity contribution in [2.75, 3.05) is 30.5 Å². The maximum atomic E-state index is 13.3. The molecular formula is C22H30FN3O3S2. The molecule has 2 aromatic rings. The van der Waals surface area contributed by atoms with E-state index in [1.165, 1.54) is 49.6 Å². The molecule has 1 unspecified atom stereocenters. The van der Waals surface area contributed by atoms with Gasteiger partial charge in [-0.25, -0.2) is 12.8 Å². The molecule has 9 heteroatoms. The van der Waals surface area contributed by atoms with Crippen molar-refractivity contribution in [3.63, 3.8) is 0 Å². The van der Waals surface area contributed by atoms with E-state index in [9.17, 15) is 17.6 Å². The quantitative estimate of drug-likeness (QED) is 0.539. The number of nitrogens with zero attached hydrogens (tertiary/aromatic N) is 2. The molecular weight excluding hydrogens is 437 g/mol. The van der Waals surface area contributed by atoms with Crippen molar-refractivity contribution in [3.05, 3.63) is 47.6 Å². The maximum Gasteiger partial charge on any atom is 0.274 e. The van der Waals surface area contributed by atoms with Crippen LogP contribution in [0.15, 0.2) is 46.0 Å². The van der Waals surface area contributed by atoms with Crippen LogP contribution in [0.3, 0.4) is 0 Å². The summed E-state index contributed by atoms with van der Waals surface area (Å²) < 4.78 is 40.7. The van der Waals surface area contributed by atoms with E-state index in [2.05, 4.69) is 17.1 Å². The van der Waals surface area contributed by atoms with Gasteiger partial charge in [0.1, 0.15) is 16.6 Å². The minimum absolute atomic E-state index is 0.139. The minimum Gasteiger partial charge on any atom is -0.354 e. The number of amides is 1. The van der Waals surface area contributed by atoms with Crippen molar-refractivity contribution in [2.45, 2.75) is 49.3 Å². The summed E-state index contributed by atoms with van der Waals surface area (Å²) in [6, 6.07) is 8.88. The zero-order valence-electron chi connectivity index (χ0n) is 17.8. The van der Waals surface area contributed by atoms with E-state index < -0.39 is 15.8 Å². The van der Waals surface area contributed by atoms with E-state index >= 15 is 0 Å². The number of thiophene rings is 1. The first-order valence-electron chi connectivity index (χ1n) is 10.7. The van der Waals surface area contributed by atoms with Crippen molar-refractivity contribution in [1.82, 2.24) is 10.2 Å². The fourth-order valence-corrected chi connectivity index (χ4v) is 6.48. The third-order valence-corrected chi connectivity index (χ3v) is 8.75. The fraction of sp³-hybridized carbons (Fsp3) is 0.500. The Morgan fingerprint density at radius 2 is 2.03 bits per heavy atom. The number of rotatable bonds is 10. The number of hydrogen-bond acceptors (Lipinski definition) is 5. The van der Waals surface area contributed by atoms with Gasteiger partial charge in [-0.15, -0.1) is 11.3 Å². The van der Waals surface area contributed by atoms with Gasteiger partial charge < -0.3 is 10.2 Å². The molecule has 6 nitrogen and oxygen atoms in total. The normalized spacial score (nSPS) is 17.4. The van der Waals surface area contributed by atoms with Gasteiger partial charge in [0.25, 0.3) is 10.0 Å². The van der Waals surface area contributed by atoms with E-state index in [0.29, 0.717) is 12.6 Å². The number of likely N-dealkylation sites (tertiary alicyclic amines) is 1. The molecule has 1 saturated heterocycles. The molecule has 170 valence electrons. The molecule has 1 aromatic heterocycles. The Hall–Kier alpha value is -1.97. The fourth-order valence-electron chi connectivity index (χ4n) is 3.95. The smallest absolute Gasteiger partial charge is 0.274 e. The second-order valence-corrected chi connectivity index (χ2v) is 10.8. The topological polar surface area (TPSA) is 69.7 Å². The van der Waals surface area contributed by atoms with Gasteiger partial charge in [-0.3, -0.25) is 9.10 Å². The summed E-state index contributed by atoms with van der Waals surface area (Å²) >= 11 is 1.08. The summed E-state index contributed by atoms with van der Waals surface area (Å²) in [4.78, 5) is 15.1. The number of nitrogens with one attached hydrogen (secondary N) is 1. The number of sulfonamides is 1. The number of carbonyl (C=O) groups is 1. The molecule has 1 aliphatic rings. The number of carbonyl (C=O) groups excluding carboxylic acids is 1. The number of piperidine rings is 1. The van der Waals surface area contributed by atoms with E-state index in [1.807, 2.05) is 0 Å². The van der Waals surface area contributed by atoms with Gasteiger partial charge in [0.15, 0.2) is 0 Å². The summed E-state index contributed by atoms with van der Waals surface area (Å²) in [5, 5.41) is 4.51. The first kappa shape index (κ1) is 23.7. The Morgan fingerprint density at radius 3 is 2.71 bits per heavy atom. The first-order chi connectivity index (χ1) is 14.9. The molecule has 31 heavy (non-hydrogen) atoms. The van der Waals surface area contributed by atoms with Crippen molar-refractivity contribution in [2.24, 2.45) is 0 Å². The van der Waals surface area contributed by atoms with Crippen molar-refractivity contribution in [3.8, 4) is 0 Å². The van der Waals surface area contributed by atoms with Crippen LogP contribution < -0.4 is 9.62 Å². The molecule has 1 aliphatic heterocycles. The molecule has 1 amide bonds. The monoisotopic (exact) mass is 467 g/mol. The molecule has 1 atom stereocenters. The second-order valence-electron chi connectivity index (χ2n) is 7.72. The molecule has 0 bridgehead atoms. The molecule has 0 spiro atoms. The lowest BCUT2D eigenvalue weighted by Crippen LogP contribution is -2.42. The summed E-state index contributed by atoms with van der Waals surface area (Å²) in [6.45, 7) is 4.37. The molecule has 0 aliphatic carbocycles. The third-order valence-electron chi connectivity index (χ3n) is 5.61. The van der Waals surface area contributed by atoms with Crippen LogP contribution in [0.5, 0.6) is 0 Å². The Kier molecular flexibility index (Phi) is 8.45. The highest BCUT2D eigenvalue weighted by Crippen LogP contribution is 2.26. The largest absolute Gasteiger partial charge is 0.354 e. The molecule has 0 saturated carbocycles. The van der Waals surface area contributed by atoms with Crippen molar-refractivity contribution in [1.29, 1.82) is 0 Å². The molecule has 0 radical (unpaired) electrons. The highest BCUT2D eigenvalue weighted by molar-refractivity contribution is 7.94.